The molecular weight excluding hydrogens is 276 g/mol. The lowest BCUT2D eigenvalue weighted by Gasteiger charge is -2.22. The van der Waals surface area contributed by atoms with Gasteiger partial charge in [-0.2, -0.15) is 0 Å². The molecule has 1 aromatic heterocycles. The lowest BCUT2D eigenvalue weighted by molar-refractivity contribution is -0.118. The highest BCUT2D eigenvalue weighted by Gasteiger charge is 2.17. The first-order valence-corrected chi connectivity index (χ1v) is 7.09. The van der Waals surface area contributed by atoms with E-state index in [-0.39, 0.29) is 12.3 Å². The normalized spacial score (nSPS) is 10.4. The number of anilines is 1. The van der Waals surface area contributed by atoms with Gasteiger partial charge in [-0.25, -0.2) is 4.98 Å². The second kappa shape index (κ2) is 6.72. The number of para-hydroxylation sites is 1. The third-order valence-corrected chi connectivity index (χ3v) is 3.37. The molecule has 0 saturated heterocycles. The highest BCUT2D eigenvalue weighted by atomic mass is 16.3. The molecule has 0 bridgehead atoms. The number of nitrogens with zero attached hydrogens (tertiary/aromatic N) is 2. The number of carbonyl (C=O) groups is 1. The molecule has 0 saturated carbocycles. The van der Waals surface area contributed by atoms with Gasteiger partial charge >= 0.3 is 0 Å². The topological polar surface area (TPSA) is 46.3 Å². The van der Waals surface area contributed by atoms with Crippen LogP contribution in [0.3, 0.4) is 0 Å². The molecule has 0 aliphatic heterocycles. The van der Waals surface area contributed by atoms with Crippen LogP contribution in [0, 0.1) is 0 Å². The van der Waals surface area contributed by atoms with Crippen LogP contribution < -0.4 is 4.90 Å². The van der Waals surface area contributed by atoms with Gasteiger partial charge in [-0.1, -0.05) is 48.5 Å². The van der Waals surface area contributed by atoms with Crippen molar-refractivity contribution in [3.63, 3.8) is 0 Å². The first-order chi connectivity index (χ1) is 10.8. The number of amides is 1. The number of oxazole rings is 1. The number of carbonyl (C=O) groups excluding carboxylic acids is 1. The van der Waals surface area contributed by atoms with Crippen LogP contribution in [0.15, 0.2) is 77.7 Å². The molecule has 0 aliphatic carbocycles. The fraction of sp³-hybridized carbons (Fsp3) is 0.111. The first kappa shape index (κ1) is 14.1. The van der Waals surface area contributed by atoms with Gasteiger partial charge in [-0.05, 0) is 17.7 Å². The molecule has 0 spiro atoms. The fourth-order valence-corrected chi connectivity index (χ4v) is 2.27. The van der Waals surface area contributed by atoms with Crippen LogP contribution in [0.2, 0.25) is 0 Å². The molecule has 0 radical (unpaired) electrons. The quantitative estimate of drug-likeness (QED) is 0.723. The van der Waals surface area contributed by atoms with E-state index in [2.05, 4.69) is 4.98 Å². The Kier molecular flexibility index (Phi) is 4.30. The molecule has 4 heteroatoms. The molecule has 0 aliphatic rings. The Morgan fingerprint density at radius 1 is 1.00 bits per heavy atom. The minimum absolute atomic E-state index is 0.0102. The number of rotatable bonds is 5. The largest absolute Gasteiger partial charge is 0.451 e. The first-order valence-electron chi connectivity index (χ1n) is 7.09. The van der Waals surface area contributed by atoms with E-state index in [1.807, 2.05) is 60.7 Å². The van der Waals surface area contributed by atoms with E-state index in [0.29, 0.717) is 12.2 Å². The Morgan fingerprint density at radius 2 is 1.68 bits per heavy atom. The molecule has 1 amide bonds. The zero-order valence-electron chi connectivity index (χ0n) is 12.1. The van der Waals surface area contributed by atoms with Crippen LogP contribution in [0.1, 0.15) is 11.3 Å². The highest BCUT2D eigenvalue weighted by Crippen LogP contribution is 2.18. The van der Waals surface area contributed by atoms with Crippen molar-refractivity contribution < 1.29 is 9.21 Å². The van der Waals surface area contributed by atoms with Crippen LogP contribution in [-0.2, 0) is 17.8 Å². The maximum atomic E-state index is 12.7. The van der Waals surface area contributed by atoms with Crippen LogP contribution >= 0.6 is 0 Å². The Labute approximate surface area is 129 Å². The third kappa shape index (κ3) is 3.41. The number of aromatic nitrogens is 1. The summed E-state index contributed by atoms with van der Waals surface area (Å²) in [4.78, 5) is 18.5. The summed E-state index contributed by atoms with van der Waals surface area (Å²) in [5.74, 6) is -0.0102. The van der Waals surface area contributed by atoms with Crippen molar-refractivity contribution in [2.24, 2.45) is 0 Å². The number of benzene rings is 2. The molecule has 1 heterocycles. The Morgan fingerprint density at radius 3 is 2.32 bits per heavy atom. The van der Waals surface area contributed by atoms with Gasteiger partial charge in [0.2, 0.25) is 5.91 Å². The van der Waals surface area contributed by atoms with E-state index < -0.39 is 0 Å². The minimum atomic E-state index is -0.0102. The van der Waals surface area contributed by atoms with Crippen LogP contribution in [0.5, 0.6) is 0 Å². The summed E-state index contributed by atoms with van der Waals surface area (Å²) in [6.07, 6.45) is 3.06. The van der Waals surface area contributed by atoms with E-state index in [9.17, 15) is 4.79 Å². The van der Waals surface area contributed by atoms with Gasteiger partial charge in [0, 0.05) is 5.69 Å². The maximum absolute atomic E-state index is 12.7. The predicted molar refractivity (Wildman–Crippen MR) is 84.3 cm³/mol. The molecule has 110 valence electrons. The SMILES string of the molecule is O=C(Cc1cocn1)N(Cc1ccccc1)c1ccccc1. The van der Waals surface area contributed by atoms with Crippen molar-refractivity contribution in [2.75, 3.05) is 4.90 Å². The molecule has 0 unspecified atom stereocenters. The average molecular weight is 292 g/mol. The summed E-state index contributed by atoms with van der Waals surface area (Å²) >= 11 is 0. The molecule has 4 nitrogen and oxygen atoms in total. The van der Waals surface area contributed by atoms with Crippen molar-refractivity contribution >= 4 is 11.6 Å². The molecule has 0 atom stereocenters. The molecule has 3 rings (SSSR count). The van der Waals surface area contributed by atoms with E-state index in [0.717, 1.165) is 11.3 Å². The van der Waals surface area contributed by atoms with E-state index >= 15 is 0 Å². The van der Waals surface area contributed by atoms with Gasteiger partial charge in [-0.3, -0.25) is 4.79 Å². The summed E-state index contributed by atoms with van der Waals surface area (Å²) in [6.45, 7) is 0.529. The minimum Gasteiger partial charge on any atom is -0.451 e. The second-order valence-corrected chi connectivity index (χ2v) is 4.96. The van der Waals surface area contributed by atoms with Crippen molar-refractivity contribution in [3.8, 4) is 0 Å². The lowest BCUT2D eigenvalue weighted by atomic mass is 10.1. The second-order valence-electron chi connectivity index (χ2n) is 4.96. The van der Waals surface area contributed by atoms with Gasteiger partial charge < -0.3 is 9.32 Å². The van der Waals surface area contributed by atoms with Crippen molar-refractivity contribution in [2.45, 2.75) is 13.0 Å². The van der Waals surface area contributed by atoms with Crippen molar-refractivity contribution in [3.05, 3.63) is 84.6 Å². The summed E-state index contributed by atoms with van der Waals surface area (Å²) in [6, 6.07) is 19.6. The highest BCUT2D eigenvalue weighted by molar-refractivity contribution is 5.94. The van der Waals surface area contributed by atoms with Gasteiger partial charge in [0.25, 0.3) is 0 Å². The number of hydrogen-bond donors (Lipinski definition) is 0. The number of hydrogen-bond acceptors (Lipinski definition) is 3. The van der Waals surface area contributed by atoms with Gasteiger partial charge in [0.15, 0.2) is 6.39 Å². The molecule has 0 N–H and O–H groups in total. The van der Waals surface area contributed by atoms with E-state index in [1.54, 1.807) is 4.90 Å². The van der Waals surface area contributed by atoms with Gasteiger partial charge in [0.05, 0.1) is 18.7 Å². The zero-order chi connectivity index (χ0) is 15.2. The summed E-state index contributed by atoms with van der Waals surface area (Å²) in [7, 11) is 0. The van der Waals surface area contributed by atoms with Crippen molar-refractivity contribution in [1.29, 1.82) is 0 Å². The van der Waals surface area contributed by atoms with E-state index in [1.165, 1.54) is 12.7 Å². The Hall–Kier alpha value is -2.88. The average Bonchev–Trinajstić information content (AvgIpc) is 3.07. The molecular formula is C18H16N2O2. The predicted octanol–water partition coefficient (Wildman–Crippen LogP) is 3.45. The van der Waals surface area contributed by atoms with Crippen molar-refractivity contribution in [1.82, 2.24) is 4.98 Å². The Bertz CT molecular complexity index is 709. The smallest absolute Gasteiger partial charge is 0.233 e. The molecule has 0 fully saturated rings. The zero-order valence-corrected chi connectivity index (χ0v) is 12.1. The monoisotopic (exact) mass is 292 g/mol. The standard InChI is InChI=1S/C18H16N2O2/c21-18(11-16-13-22-14-19-16)20(17-9-5-2-6-10-17)12-15-7-3-1-4-8-15/h1-10,13-14H,11-12H2. The summed E-state index contributed by atoms with van der Waals surface area (Å²) in [5, 5.41) is 0. The fourth-order valence-electron chi connectivity index (χ4n) is 2.27. The molecule has 22 heavy (non-hydrogen) atoms. The lowest BCUT2D eigenvalue weighted by Crippen LogP contribution is -2.31. The van der Waals surface area contributed by atoms with Gasteiger partial charge in [0.1, 0.15) is 6.26 Å². The summed E-state index contributed by atoms with van der Waals surface area (Å²) < 4.78 is 4.94. The van der Waals surface area contributed by atoms with Crippen LogP contribution in [0.4, 0.5) is 5.69 Å². The van der Waals surface area contributed by atoms with Crippen LogP contribution in [-0.4, -0.2) is 10.9 Å². The molecule has 2 aromatic carbocycles. The third-order valence-electron chi connectivity index (χ3n) is 3.37. The molecule has 3 aromatic rings. The van der Waals surface area contributed by atoms with Gasteiger partial charge in [-0.15, -0.1) is 0 Å². The maximum Gasteiger partial charge on any atom is 0.233 e. The Balaban J connectivity index is 1.84. The summed E-state index contributed by atoms with van der Waals surface area (Å²) in [5.41, 5.74) is 2.60. The van der Waals surface area contributed by atoms with E-state index in [4.69, 9.17) is 4.42 Å². The van der Waals surface area contributed by atoms with Crippen LogP contribution in [0.25, 0.3) is 0 Å².